The standard InChI is InChI=1S/C15H22Cl2N2O2P/c1-15(2)11-8-6-7-9-12(11)19(5)13(15)10-14(18(3)4)21-22(16,17)20/h6-9,14H,10H2,1-5H3/q+1. The van der Waals surface area contributed by atoms with Gasteiger partial charge in [0.1, 0.15) is 13.3 Å². The second-order valence-electron chi connectivity index (χ2n) is 6.29. The third-order valence-corrected chi connectivity index (χ3v) is 5.22. The lowest BCUT2D eigenvalue weighted by molar-refractivity contribution is -0.404. The molecule has 0 bridgehead atoms. The van der Waals surface area contributed by atoms with Gasteiger partial charge in [0.05, 0.1) is 11.8 Å². The average molecular weight is 364 g/mol. The molecule has 0 radical (unpaired) electrons. The first-order chi connectivity index (χ1) is 10.0. The number of benzene rings is 1. The fraction of sp³-hybridized carbons (Fsp3) is 0.533. The summed E-state index contributed by atoms with van der Waals surface area (Å²) < 4.78 is 19.2. The van der Waals surface area contributed by atoms with Gasteiger partial charge in [0.15, 0.2) is 5.71 Å². The number of rotatable bonds is 5. The van der Waals surface area contributed by atoms with E-state index in [2.05, 4.69) is 30.6 Å². The molecule has 1 atom stereocenters. The summed E-state index contributed by atoms with van der Waals surface area (Å²) >= 11 is 11.2. The van der Waals surface area contributed by atoms with Gasteiger partial charge < -0.3 is 0 Å². The van der Waals surface area contributed by atoms with Gasteiger partial charge in [0.25, 0.3) is 0 Å². The third kappa shape index (κ3) is 3.58. The highest BCUT2D eigenvalue weighted by molar-refractivity contribution is 8.05. The Kier molecular flexibility index (Phi) is 5.11. The summed E-state index contributed by atoms with van der Waals surface area (Å²) in [6.07, 6.45) is -3.48. The summed E-state index contributed by atoms with van der Waals surface area (Å²) in [4.78, 5) is 1.83. The van der Waals surface area contributed by atoms with E-state index in [1.807, 2.05) is 38.2 Å². The van der Waals surface area contributed by atoms with Crippen LogP contribution < -0.4 is 0 Å². The van der Waals surface area contributed by atoms with Crippen molar-refractivity contribution in [2.75, 3.05) is 21.1 Å². The van der Waals surface area contributed by atoms with Crippen LogP contribution in [-0.4, -0.2) is 42.6 Å². The smallest absolute Gasteiger partial charge is 0.286 e. The molecule has 4 nitrogen and oxygen atoms in total. The zero-order valence-electron chi connectivity index (χ0n) is 13.5. The van der Waals surface area contributed by atoms with Crippen molar-refractivity contribution in [3.05, 3.63) is 29.8 Å². The van der Waals surface area contributed by atoms with Crippen molar-refractivity contribution < 1.29 is 13.7 Å². The van der Waals surface area contributed by atoms with Crippen molar-refractivity contribution in [2.24, 2.45) is 0 Å². The van der Waals surface area contributed by atoms with E-state index in [4.69, 9.17) is 27.0 Å². The van der Waals surface area contributed by atoms with E-state index < -0.39 is 12.3 Å². The summed E-state index contributed by atoms with van der Waals surface area (Å²) in [6.45, 7) is 4.36. The molecule has 1 aliphatic heterocycles. The first kappa shape index (κ1) is 18.0. The molecule has 0 saturated carbocycles. The summed E-state index contributed by atoms with van der Waals surface area (Å²) in [5.41, 5.74) is 3.49. The van der Waals surface area contributed by atoms with Crippen LogP contribution in [0.5, 0.6) is 0 Å². The molecule has 0 spiro atoms. The third-order valence-electron chi connectivity index (χ3n) is 4.25. The number of para-hydroxylation sites is 1. The minimum atomic E-state index is -3.60. The molecule has 1 unspecified atom stereocenters. The Morgan fingerprint density at radius 2 is 1.91 bits per heavy atom. The molecule has 2 rings (SSSR count). The van der Waals surface area contributed by atoms with Crippen LogP contribution in [0.3, 0.4) is 0 Å². The van der Waals surface area contributed by atoms with Crippen molar-refractivity contribution in [2.45, 2.75) is 31.9 Å². The van der Waals surface area contributed by atoms with Crippen LogP contribution in [0.1, 0.15) is 25.8 Å². The summed E-state index contributed by atoms with van der Waals surface area (Å²) in [6, 6.07) is 8.31. The quantitative estimate of drug-likeness (QED) is 0.436. The lowest BCUT2D eigenvalue weighted by atomic mass is 9.80. The zero-order chi connectivity index (χ0) is 16.7. The number of fused-ring (bicyclic) bond motifs is 1. The highest BCUT2D eigenvalue weighted by Crippen LogP contribution is 2.59. The molecule has 0 saturated heterocycles. The second kappa shape index (κ2) is 6.26. The maximum absolute atomic E-state index is 11.6. The van der Waals surface area contributed by atoms with Gasteiger partial charge in [0.2, 0.25) is 5.69 Å². The topological polar surface area (TPSA) is 32.5 Å². The molecule has 1 heterocycles. The van der Waals surface area contributed by atoms with Crippen molar-refractivity contribution >= 4 is 40.0 Å². The van der Waals surface area contributed by atoms with Crippen LogP contribution in [-0.2, 0) is 14.5 Å². The van der Waals surface area contributed by atoms with E-state index in [9.17, 15) is 4.57 Å². The predicted octanol–water partition coefficient (Wildman–Crippen LogP) is 4.57. The minimum absolute atomic E-state index is 0.133. The van der Waals surface area contributed by atoms with Crippen LogP contribution >= 0.6 is 28.6 Å². The molecule has 1 aromatic carbocycles. The van der Waals surface area contributed by atoms with Gasteiger partial charge in [-0.2, -0.15) is 0 Å². The van der Waals surface area contributed by atoms with Crippen molar-refractivity contribution in [1.82, 2.24) is 4.90 Å². The molecule has 1 aromatic rings. The molecule has 0 fully saturated rings. The first-order valence-corrected chi connectivity index (χ1v) is 10.5. The van der Waals surface area contributed by atoms with E-state index in [0.717, 1.165) is 0 Å². The summed E-state index contributed by atoms with van der Waals surface area (Å²) in [5, 5.41) is 0. The molecule has 7 heteroatoms. The monoisotopic (exact) mass is 363 g/mol. The van der Waals surface area contributed by atoms with E-state index in [1.54, 1.807) is 0 Å². The van der Waals surface area contributed by atoms with E-state index in [0.29, 0.717) is 6.42 Å². The van der Waals surface area contributed by atoms with Crippen LogP contribution in [0.15, 0.2) is 24.3 Å². The molecule has 0 aromatic heterocycles. The second-order valence-corrected chi connectivity index (χ2v) is 10.5. The molecule has 0 N–H and O–H groups in total. The van der Waals surface area contributed by atoms with Crippen molar-refractivity contribution in [1.29, 1.82) is 0 Å². The molecular formula is C15H22Cl2N2O2P+. The van der Waals surface area contributed by atoms with Gasteiger partial charge in [-0.05, 0) is 50.4 Å². The number of hydrogen-bond acceptors (Lipinski definition) is 3. The maximum Gasteiger partial charge on any atom is 0.381 e. The fourth-order valence-electron chi connectivity index (χ4n) is 3.03. The molecule has 0 aliphatic carbocycles. The van der Waals surface area contributed by atoms with Gasteiger partial charge in [-0.15, -0.1) is 0 Å². The molecule has 122 valence electrons. The van der Waals surface area contributed by atoms with Gasteiger partial charge in [-0.3, -0.25) is 14.0 Å². The zero-order valence-corrected chi connectivity index (χ0v) is 15.9. The minimum Gasteiger partial charge on any atom is -0.286 e. The molecule has 1 aliphatic rings. The van der Waals surface area contributed by atoms with Gasteiger partial charge >= 0.3 is 6.07 Å². The average Bonchev–Trinajstić information content (AvgIpc) is 2.58. The number of hydrogen-bond donors (Lipinski definition) is 0. The highest BCUT2D eigenvalue weighted by Gasteiger charge is 2.45. The Labute approximate surface area is 141 Å². The number of nitrogens with zero attached hydrogens (tertiary/aromatic N) is 2. The van der Waals surface area contributed by atoms with Crippen LogP contribution in [0.25, 0.3) is 0 Å². The Morgan fingerprint density at radius 3 is 2.41 bits per heavy atom. The maximum atomic E-state index is 11.6. The molecule has 22 heavy (non-hydrogen) atoms. The highest BCUT2D eigenvalue weighted by atomic mass is 35.9. The van der Waals surface area contributed by atoms with Gasteiger partial charge in [-0.25, -0.2) is 4.58 Å². The Bertz CT molecular complexity index is 653. The SMILES string of the molecule is CN(C)C(CC1=[N+](C)c2ccccc2C1(C)C)OP(=O)(Cl)Cl. The lowest BCUT2D eigenvalue weighted by Crippen LogP contribution is -2.38. The van der Waals surface area contributed by atoms with Crippen molar-refractivity contribution in [3.63, 3.8) is 0 Å². The van der Waals surface area contributed by atoms with Crippen molar-refractivity contribution in [3.8, 4) is 0 Å². The fourth-order valence-corrected chi connectivity index (χ4v) is 4.13. The van der Waals surface area contributed by atoms with E-state index in [-0.39, 0.29) is 5.41 Å². The Morgan fingerprint density at radius 1 is 1.32 bits per heavy atom. The van der Waals surface area contributed by atoms with Crippen LogP contribution in [0.4, 0.5) is 5.69 Å². The van der Waals surface area contributed by atoms with Gasteiger partial charge in [0, 0.05) is 11.6 Å². The molecule has 0 amide bonds. The number of halogens is 2. The lowest BCUT2D eigenvalue weighted by Gasteiger charge is -2.26. The van der Waals surface area contributed by atoms with Crippen LogP contribution in [0.2, 0.25) is 0 Å². The van der Waals surface area contributed by atoms with Crippen LogP contribution in [0, 0.1) is 0 Å². The summed E-state index contributed by atoms with van der Waals surface area (Å²) in [5.74, 6) is 0. The molecular weight excluding hydrogens is 342 g/mol. The largest absolute Gasteiger partial charge is 0.381 e. The summed E-state index contributed by atoms with van der Waals surface area (Å²) in [7, 11) is 5.74. The first-order valence-electron chi connectivity index (χ1n) is 7.08. The predicted molar refractivity (Wildman–Crippen MR) is 92.8 cm³/mol. The van der Waals surface area contributed by atoms with Gasteiger partial charge in [-0.1, -0.05) is 18.2 Å². The van der Waals surface area contributed by atoms with E-state index in [1.165, 1.54) is 17.0 Å². The van der Waals surface area contributed by atoms with E-state index >= 15 is 0 Å². The normalized spacial score (nSPS) is 18.7. The Hall–Kier alpha value is -0.380. The Balaban J connectivity index is 2.36.